The summed E-state index contributed by atoms with van der Waals surface area (Å²) < 4.78 is 18.3. The average Bonchev–Trinajstić information content (AvgIpc) is 3.53. The Kier molecular flexibility index (Phi) is 4.51. The van der Waals surface area contributed by atoms with Gasteiger partial charge < -0.3 is 9.84 Å². The Morgan fingerprint density at radius 3 is 2.68 bits per heavy atom. The largest absolute Gasteiger partial charge is 0.349 e. The van der Waals surface area contributed by atoms with Crippen molar-refractivity contribution in [2.45, 2.75) is 56.9 Å². The minimum atomic E-state index is -0.255. The number of hydrogen-bond donors (Lipinski definition) is 1. The van der Waals surface area contributed by atoms with Gasteiger partial charge >= 0.3 is 0 Å². The molecule has 2 aliphatic carbocycles. The number of carbonyl (C=O) groups excluding carboxylic acids is 1. The third-order valence-electron chi connectivity index (χ3n) is 4.86. The number of hydrogen-bond acceptors (Lipinski definition) is 4. The number of amides is 1. The van der Waals surface area contributed by atoms with E-state index in [-0.39, 0.29) is 17.8 Å². The molecule has 1 amide bonds. The van der Waals surface area contributed by atoms with Gasteiger partial charge in [-0.2, -0.15) is 4.98 Å². The van der Waals surface area contributed by atoms with Crippen LogP contribution in [0.3, 0.4) is 0 Å². The number of benzene rings is 1. The second kappa shape index (κ2) is 6.94. The molecule has 1 unspecified atom stereocenters. The Bertz CT molecular complexity index is 735. The molecular weight excluding hydrogens is 321 g/mol. The molecule has 1 aromatic heterocycles. The average molecular weight is 343 g/mol. The summed E-state index contributed by atoms with van der Waals surface area (Å²) in [7, 11) is 0. The van der Waals surface area contributed by atoms with Crippen molar-refractivity contribution in [3.63, 3.8) is 0 Å². The normalized spacial score (nSPS) is 18.1. The fourth-order valence-corrected chi connectivity index (χ4v) is 3.10. The highest BCUT2D eigenvalue weighted by molar-refractivity contribution is 5.76. The highest BCUT2D eigenvalue weighted by Gasteiger charge is 2.33. The molecule has 2 aliphatic rings. The number of aromatic nitrogens is 2. The van der Waals surface area contributed by atoms with Crippen molar-refractivity contribution in [3.05, 3.63) is 47.4 Å². The van der Waals surface area contributed by atoms with Gasteiger partial charge in [0, 0.05) is 18.8 Å². The minimum absolute atomic E-state index is 0.0158. The van der Waals surface area contributed by atoms with Crippen LogP contribution in [-0.2, 0) is 11.2 Å². The van der Waals surface area contributed by atoms with E-state index in [2.05, 4.69) is 15.5 Å². The molecule has 1 N–H and O–H groups in total. The lowest BCUT2D eigenvalue weighted by Crippen LogP contribution is -2.29. The fourth-order valence-electron chi connectivity index (χ4n) is 3.10. The molecule has 4 rings (SSSR count). The number of halogens is 1. The number of carbonyl (C=O) groups is 1. The quantitative estimate of drug-likeness (QED) is 0.794. The second-order valence-corrected chi connectivity index (χ2v) is 7.11. The molecule has 5 nitrogen and oxygen atoms in total. The number of rotatable bonds is 8. The molecular formula is C19H22FN3O2. The Morgan fingerprint density at radius 2 is 2.00 bits per heavy atom. The van der Waals surface area contributed by atoms with Gasteiger partial charge in [-0.1, -0.05) is 17.3 Å². The van der Waals surface area contributed by atoms with Gasteiger partial charge in [0.1, 0.15) is 5.82 Å². The molecule has 0 radical (unpaired) electrons. The first-order valence-electron chi connectivity index (χ1n) is 9.06. The lowest BCUT2D eigenvalue weighted by molar-refractivity contribution is -0.122. The lowest BCUT2D eigenvalue weighted by atomic mass is 10.0. The Hall–Kier alpha value is -2.24. The van der Waals surface area contributed by atoms with Gasteiger partial charge in [0.15, 0.2) is 5.82 Å². The monoisotopic (exact) mass is 343 g/mol. The summed E-state index contributed by atoms with van der Waals surface area (Å²) in [6.45, 7) is 0. The van der Waals surface area contributed by atoms with E-state index in [1.165, 1.54) is 12.1 Å². The van der Waals surface area contributed by atoms with Crippen molar-refractivity contribution in [2.75, 3.05) is 0 Å². The van der Waals surface area contributed by atoms with Crippen LogP contribution < -0.4 is 5.32 Å². The predicted molar refractivity (Wildman–Crippen MR) is 89.2 cm³/mol. The van der Waals surface area contributed by atoms with E-state index >= 15 is 0 Å². The maximum absolute atomic E-state index is 13.1. The van der Waals surface area contributed by atoms with Gasteiger partial charge in [-0.25, -0.2) is 4.39 Å². The Labute approximate surface area is 146 Å². The topological polar surface area (TPSA) is 68.0 Å². The fraction of sp³-hybridized carbons (Fsp3) is 0.526. The summed E-state index contributed by atoms with van der Waals surface area (Å²) in [5.74, 6) is 2.14. The van der Waals surface area contributed by atoms with Crippen molar-refractivity contribution in [1.82, 2.24) is 15.5 Å². The molecule has 2 saturated carbocycles. The first-order chi connectivity index (χ1) is 12.2. The molecule has 0 spiro atoms. The van der Waals surface area contributed by atoms with Crippen molar-refractivity contribution >= 4 is 5.91 Å². The van der Waals surface area contributed by atoms with Crippen LogP contribution >= 0.6 is 0 Å². The molecule has 6 heteroatoms. The minimum Gasteiger partial charge on any atom is -0.349 e. The van der Waals surface area contributed by atoms with Crippen LogP contribution in [-0.4, -0.2) is 16.0 Å². The zero-order valence-electron chi connectivity index (χ0n) is 14.1. The third-order valence-corrected chi connectivity index (χ3v) is 4.86. The van der Waals surface area contributed by atoms with Gasteiger partial charge in [-0.05, 0) is 55.7 Å². The van der Waals surface area contributed by atoms with Gasteiger partial charge in [-0.3, -0.25) is 4.79 Å². The smallest absolute Gasteiger partial charge is 0.226 e. The molecule has 2 aromatic rings. The zero-order valence-corrected chi connectivity index (χ0v) is 14.1. The highest BCUT2D eigenvalue weighted by Crippen LogP contribution is 2.41. The predicted octanol–water partition coefficient (Wildman–Crippen LogP) is 3.68. The van der Waals surface area contributed by atoms with Crippen molar-refractivity contribution < 1.29 is 13.7 Å². The van der Waals surface area contributed by atoms with Crippen LogP contribution in [0.5, 0.6) is 0 Å². The van der Waals surface area contributed by atoms with Crippen LogP contribution in [0.1, 0.15) is 67.8 Å². The highest BCUT2D eigenvalue weighted by atomic mass is 19.1. The van der Waals surface area contributed by atoms with E-state index in [9.17, 15) is 9.18 Å². The lowest BCUT2D eigenvalue weighted by Gasteiger charge is -2.18. The van der Waals surface area contributed by atoms with E-state index in [1.807, 2.05) is 0 Å². The molecule has 0 bridgehead atoms. The molecule has 1 heterocycles. The second-order valence-electron chi connectivity index (χ2n) is 7.11. The molecule has 132 valence electrons. The van der Waals surface area contributed by atoms with Crippen molar-refractivity contribution in [1.29, 1.82) is 0 Å². The molecule has 25 heavy (non-hydrogen) atoms. The van der Waals surface area contributed by atoms with Gasteiger partial charge in [0.25, 0.3) is 0 Å². The maximum atomic E-state index is 13.1. The van der Waals surface area contributed by atoms with E-state index in [0.29, 0.717) is 37.0 Å². The first-order valence-corrected chi connectivity index (χ1v) is 9.06. The standard InChI is InChI=1S/C19H22FN3O2/c20-15-10-8-13(9-11-15)18(12-4-5-12)21-16(24)2-1-3-17-22-19(23-25-17)14-6-7-14/h8-12,14,18H,1-7H2,(H,21,24). The van der Waals surface area contributed by atoms with E-state index in [1.54, 1.807) is 12.1 Å². The molecule has 2 fully saturated rings. The van der Waals surface area contributed by atoms with Crippen molar-refractivity contribution in [2.24, 2.45) is 5.92 Å². The zero-order chi connectivity index (χ0) is 17.2. The number of nitrogens with zero attached hydrogens (tertiary/aromatic N) is 2. The van der Waals surface area contributed by atoms with Gasteiger partial charge in [-0.15, -0.1) is 0 Å². The van der Waals surface area contributed by atoms with E-state index in [0.717, 1.165) is 37.1 Å². The van der Waals surface area contributed by atoms with Crippen LogP contribution in [0.25, 0.3) is 0 Å². The SMILES string of the molecule is O=C(CCCc1nc(C2CC2)no1)NC(c1ccc(F)cc1)C1CC1. The molecule has 0 saturated heterocycles. The van der Waals surface area contributed by atoms with Crippen molar-refractivity contribution in [3.8, 4) is 0 Å². The summed E-state index contributed by atoms with van der Waals surface area (Å²) in [6.07, 6.45) is 6.23. The molecule has 1 aromatic carbocycles. The molecule has 0 aliphatic heterocycles. The maximum Gasteiger partial charge on any atom is 0.226 e. The molecule has 1 atom stereocenters. The summed E-state index contributed by atoms with van der Waals surface area (Å²) >= 11 is 0. The third kappa shape index (κ3) is 4.24. The Balaban J connectivity index is 1.27. The Morgan fingerprint density at radius 1 is 1.24 bits per heavy atom. The first kappa shape index (κ1) is 16.2. The summed E-state index contributed by atoms with van der Waals surface area (Å²) in [5, 5.41) is 7.09. The van der Waals surface area contributed by atoms with E-state index < -0.39 is 0 Å². The summed E-state index contributed by atoms with van der Waals surface area (Å²) in [6, 6.07) is 6.40. The van der Waals surface area contributed by atoms with Crippen LogP contribution in [0.2, 0.25) is 0 Å². The summed E-state index contributed by atoms with van der Waals surface area (Å²) in [4.78, 5) is 16.7. The van der Waals surface area contributed by atoms with Gasteiger partial charge in [0.2, 0.25) is 11.8 Å². The van der Waals surface area contributed by atoms with Crippen LogP contribution in [0.15, 0.2) is 28.8 Å². The van der Waals surface area contributed by atoms with Gasteiger partial charge in [0.05, 0.1) is 6.04 Å². The number of aryl methyl sites for hydroxylation is 1. The van der Waals surface area contributed by atoms with Crippen LogP contribution in [0.4, 0.5) is 4.39 Å². The summed E-state index contributed by atoms with van der Waals surface area (Å²) in [5.41, 5.74) is 0.975. The van der Waals surface area contributed by atoms with E-state index in [4.69, 9.17) is 4.52 Å². The number of nitrogens with one attached hydrogen (secondary N) is 1. The van der Waals surface area contributed by atoms with Crippen LogP contribution in [0, 0.1) is 11.7 Å².